The van der Waals surface area contributed by atoms with Crippen molar-refractivity contribution in [3.05, 3.63) is 53.3 Å². The number of hydrogen-bond donors (Lipinski definition) is 2. The molecule has 2 amide bonds. The van der Waals surface area contributed by atoms with Gasteiger partial charge in [0.2, 0.25) is 11.8 Å². The molecule has 0 unspecified atom stereocenters. The summed E-state index contributed by atoms with van der Waals surface area (Å²) in [6.07, 6.45) is 1.79. The molecule has 0 aliphatic carbocycles. The van der Waals surface area contributed by atoms with Crippen molar-refractivity contribution in [3.63, 3.8) is 0 Å². The Balaban J connectivity index is 1.80. The fourth-order valence-corrected chi connectivity index (χ4v) is 3.20. The third kappa shape index (κ3) is 3.71. The summed E-state index contributed by atoms with van der Waals surface area (Å²) in [5.74, 6) is -0.458. The van der Waals surface area contributed by atoms with Gasteiger partial charge in [-0.3, -0.25) is 14.6 Å². The summed E-state index contributed by atoms with van der Waals surface area (Å²) in [5, 5.41) is 6.31. The van der Waals surface area contributed by atoms with Crippen molar-refractivity contribution in [1.82, 2.24) is 10.3 Å². The van der Waals surface area contributed by atoms with Crippen molar-refractivity contribution in [2.24, 2.45) is 5.41 Å². The van der Waals surface area contributed by atoms with Crippen LogP contribution in [0.5, 0.6) is 0 Å². The highest BCUT2D eigenvalue weighted by atomic mass is 16.2. The maximum absolute atomic E-state index is 12.9. The molecule has 27 heavy (non-hydrogen) atoms. The van der Waals surface area contributed by atoms with Gasteiger partial charge < -0.3 is 15.5 Å². The molecule has 6 nitrogen and oxygen atoms in total. The molecule has 0 saturated carbocycles. The molecular weight excluding hydrogens is 340 g/mol. The summed E-state index contributed by atoms with van der Waals surface area (Å²) in [4.78, 5) is 31.3. The molecule has 0 saturated heterocycles. The van der Waals surface area contributed by atoms with Gasteiger partial charge in [0.15, 0.2) is 0 Å². The van der Waals surface area contributed by atoms with E-state index in [1.807, 2.05) is 38.1 Å². The van der Waals surface area contributed by atoms with Crippen LogP contribution < -0.4 is 15.5 Å². The second-order valence-corrected chi connectivity index (χ2v) is 7.33. The third-order valence-electron chi connectivity index (χ3n) is 5.03. The summed E-state index contributed by atoms with van der Waals surface area (Å²) in [6.45, 7) is 9.13. The molecule has 2 aromatic rings. The molecule has 2 heterocycles. The lowest BCUT2D eigenvalue weighted by atomic mass is 9.91. The Kier molecular flexibility index (Phi) is 5.28. The van der Waals surface area contributed by atoms with E-state index in [2.05, 4.69) is 21.7 Å². The summed E-state index contributed by atoms with van der Waals surface area (Å²) in [7, 11) is 0. The van der Waals surface area contributed by atoms with Crippen LogP contribution in [0.1, 0.15) is 37.6 Å². The van der Waals surface area contributed by atoms with Gasteiger partial charge in [0.1, 0.15) is 5.41 Å². The number of carbonyl (C=O) groups is 2. The minimum absolute atomic E-state index is 0.183. The van der Waals surface area contributed by atoms with Gasteiger partial charge in [0, 0.05) is 31.5 Å². The van der Waals surface area contributed by atoms with Crippen LogP contribution in [0.25, 0.3) is 0 Å². The molecule has 1 aliphatic rings. The Morgan fingerprint density at radius 3 is 2.67 bits per heavy atom. The number of benzene rings is 1. The summed E-state index contributed by atoms with van der Waals surface area (Å²) >= 11 is 0. The Bertz CT molecular complexity index is 876. The number of carbonyl (C=O) groups excluding carboxylic acids is 2. The summed E-state index contributed by atoms with van der Waals surface area (Å²) in [5.41, 5.74) is 3.55. The van der Waals surface area contributed by atoms with Crippen LogP contribution in [-0.2, 0) is 22.7 Å². The first kappa shape index (κ1) is 19.0. The zero-order valence-corrected chi connectivity index (χ0v) is 16.3. The molecule has 6 heteroatoms. The highest BCUT2D eigenvalue weighted by Crippen LogP contribution is 2.35. The first-order valence-corrected chi connectivity index (χ1v) is 9.22. The highest BCUT2D eigenvalue weighted by molar-refractivity contribution is 6.19. The number of pyridine rings is 1. The van der Waals surface area contributed by atoms with E-state index in [0.29, 0.717) is 18.8 Å². The zero-order chi connectivity index (χ0) is 19.6. The van der Waals surface area contributed by atoms with Gasteiger partial charge >= 0.3 is 0 Å². The molecular formula is C21H26N4O2. The molecule has 2 N–H and O–H groups in total. The number of amides is 2. The van der Waals surface area contributed by atoms with E-state index in [9.17, 15) is 9.59 Å². The third-order valence-corrected chi connectivity index (χ3v) is 5.03. The maximum atomic E-state index is 12.9. The van der Waals surface area contributed by atoms with Crippen molar-refractivity contribution < 1.29 is 9.59 Å². The fraction of sp³-hybridized carbons (Fsp3) is 0.381. The van der Waals surface area contributed by atoms with Crippen LogP contribution >= 0.6 is 0 Å². The van der Waals surface area contributed by atoms with Crippen molar-refractivity contribution in [2.45, 2.75) is 40.8 Å². The number of aromatic nitrogens is 1. The number of rotatable bonds is 5. The van der Waals surface area contributed by atoms with E-state index in [-0.39, 0.29) is 11.8 Å². The van der Waals surface area contributed by atoms with Crippen LogP contribution in [0.2, 0.25) is 0 Å². The second-order valence-electron chi connectivity index (χ2n) is 7.33. The molecule has 3 rings (SSSR count). The molecule has 0 radical (unpaired) electrons. The van der Waals surface area contributed by atoms with Crippen LogP contribution in [0.4, 0.5) is 11.4 Å². The topological polar surface area (TPSA) is 74.3 Å². The molecule has 0 atom stereocenters. The molecule has 0 spiro atoms. The number of nitrogens with zero attached hydrogens (tertiary/aromatic N) is 2. The standard InChI is InChI=1S/C21H26N4O2/c1-5-25-18-11-15(12-22-13-16-7-6-10-23-14(16)2)8-9-17(18)24-19(26)21(3,4)20(25)27/h6-11,22H,5,12-13H2,1-4H3,(H,24,26). The van der Waals surface area contributed by atoms with E-state index >= 15 is 0 Å². The predicted octanol–water partition coefficient (Wildman–Crippen LogP) is 3.01. The smallest absolute Gasteiger partial charge is 0.242 e. The van der Waals surface area contributed by atoms with E-state index in [4.69, 9.17) is 0 Å². The molecule has 1 aromatic carbocycles. The minimum Gasteiger partial charge on any atom is -0.323 e. The average molecular weight is 366 g/mol. The van der Waals surface area contributed by atoms with Crippen molar-refractivity contribution in [3.8, 4) is 0 Å². The van der Waals surface area contributed by atoms with Crippen LogP contribution in [-0.4, -0.2) is 23.3 Å². The monoisotopic (exact) mass is 366 g/mol. The Labute approximate surface area is 160 Å². The van der Waals surface area contributed by atoms with E-state index in [1.54, 1.807) is 24.9 Å². The number of fused-ring (bicyclic) bond motifs is 1. The first-order chi connectivity index (χ1) is 12.8. The summed E-state index contributed by atoms with van der Waals surface area (Å²) in [6, 6.07) is 9.81. The maximum Gasteiger partial charge on any atom is 0.242 e. The molecule has 1 aromatic heterocycles. The van der Waals surface area contributed by atoms with Gasteiger partial charge in [0.25, 0.3) is 0 Å². The lowest BCUT2D eigenvalue weighted by molar-refractivity contribution is -0.136. The first-order valence-electron chi connectivity index (χ1n) is 9.22. The highest BCUT2D eigenvalue weighted by Gasteiger charge is 2.42. The Morgan fingerprint density at radius 1 is 1.19 bits per heavy atom. The van der Waals surface area contributed by atoms with E-state index in [1.165, 1.54) is 0 Å². The number of nitrogens with one attached hydrogen (secondary N) is 2. The van der Waals surface area contributed by atoms with E-state index < -0.39 is 5.41 Å². The van der Waals surface area contributed by atoms with Crippen LogP contribution in [0.3, 0.4) is 0 Å². The molecule has 0 fully saturated rings. The van der Waals surface area contributed by atoms with Gasteiger partial charge in [-0.2, -0.15) is 0 Å². The largest absolute Gasteiger partial charge is 0.323 e. The quantitative estimate of drug-likeness (QED) is 0.798. The van der Waals surface area contributed by atoms with Gasteiger partial charge in [-0.15, -0.1) is 0 Å². The lowest BCUT2D eigenvalue weighted by Gasteiger charge is -2.26. The van der Waals surface area contributed by atoms with E-state index in [0.717, 1.165) is 29.1 Å². The normalized spacial score (nSPS) is 15.9. The Hall–Kier alpha value is -2.73. The van der Waals surface area contributed by atoms with Crippen molar-refractivity contribution in [1.29, 1.82) is 0 Å². The zero-order valence-electron chi connectivity index (χ0n) is 16.3. The van der Waals surface area contributed by atoms with Gasteiger partial charge in [-0.1, -0.05) is 12.1 Å². The van der Waals surface area contributed by atoms with Crippen molar-refractivity contribution in [2.75, 3.05) is 16.8 Å². The SMILES string of the molecule is CCN1C(=O)C(C)(C)C(=O)Nc2ccc(CNCc3cccnc3C)cc21. The second kappa shape index (κ2) is 7.48. The molecule has 142 valence electrons. The van der Waals surface area contributed by atoms with Crippen LogP contribution in [0.15, 0.2) is 36.5 Å². The molecule has 1 aliphatic heterocycles. The lowest BCUT2D eigenvalue weighted by Crippen LogP contribution is -2.45. The minimum atomic E-state index is -1.09. The van der Waals surface area contributed by atoms with Gasteiger partial charge in [-0.05, 0) is 57.0 Å². The van der Waals surface area contributed by atoms with Gasteiger partial charge in [0.05, 0.1) is 11.4 Å². The van der Waals surface area contributed by atoms with Crippen LogP contribution in [0, 0.1) is 12.3 Å². The number of hydrogen-bond acceptors (Lipinski definition) is 4. The summed E-state index contributed by atoms with van der Waals surface area (Å²) < 4.78 is 0. The number of anilines is 2. The van der Waals surface area contributed by atoms with Crippen molar-refractivity contribution >= 4 is 23.2 Å². The fourth-order valence-electron chi connectivity index (χ4n) is 3.20. The van der Waals surface area contributed by atoms with Gasteiger partial charge in [-0.25, -0.2) is 0 Å². The average Bonchev–Trinajstić information content (AvgIpc) is 2.71. The molecule has 0 bridgehead atoms. The number of aryl methyl sites for hydroxylation is 1. The predicted molar refractivity (Wildman–Crippen MR) is 106 cm³/mol. The Morgan fingerprint density at radius 2 is 1.96 bits per heavy atom.